The summed E-state index contributed by atoms with van der Waals surface area (Å²) < 4.78 is 50.4. The van der Waals surface area contributed by atoms with Gasteiger partial charge in [-0.25, -0.2) is 18.6 Å². The largest absolute Gasteiger partial charge is 0.469 e. The van der Waals surface area contributed by atoms with E-state index in [0.717, 1.165) is 54.6 Å². The number of pyridine rings is 2. The number of carbonyl (C=O) groups is 2. The van der Waals surface area contributed by atoms with Gasteiger partial charge in [0, 0.05) is 75.5 Å². The molecule has 0 spiro atoms. The zero-order valence-electron chi connectivity index (χ0n) is 30.6. The summed E-state index contributed by atoms with van der Waals surface area (Å²) in [5.74, 6) is -1.90. The molecule has 54 heavy (non-hydrogen) atoms. The van der Waals surface area contributed by atoms with Crippen molar-refractivity contribution in [1.29, 1.82) is 0 Å². The van der Waals surface area contributed by atoms with Crippen molar-refractivity contribution >= 4 is 35.2 Å². The zero-order chi connectivity index (χ0) is 38.6. The third kappa shape index (κ3) is 9.66. The average Bonchev–Trinajstić information content (AvgIpc) is 3.88. The Labute approximate surface area is 322 Å². The number of benzene rings is 1. The number of aromatic nitrogens is 3. The summed E-state index contributed by atoms with van der Waals surface area (Å²) in [5.41, 5.74) is 1.65. The van der Waals surface area contributed by atoms with Gasteiger partial charge < -0.3 is 28.5 Å². The van der Waals surface area contributed by atoms with Crippen molar-refractivity contribution < 1.29 is 37.1 Å². The Morgan fingerprint density at radius 1 is 1.04 bits per heavy atom. The van der Waals surface area contributed by atoms with Crippen molar-refractivity contribution in [3.63, 3.8) is 0 Å². The fraction of sp³-hybridized carbons (Fsp3) is 0.462. The van der Waals surface area contributed by atoms with Crippen LogP contribution < -0.4 is 4.74 Å². The molecule has 1 saturated heterocycles. The van der Waals surface area contributed by atoms with Crippen molar-refractivity contribution in [2.45, 2.75) is 83.6 Å². The fourth-order valence-corrected chi connectivity index (χ4v) is 6.96. The number of rotatable bonds is 13. The van der Waals surface area contributed by atoms with Crippen LogP contribution in [0.1, 0.15) is 75.0 Å². The number of hydrogen-bond acceptors (Lipinski definition) is 9. The standard InChI is InChI=1S/C39H43Cl2F2N5O6/c1-39(2,3)53-38(50)47-14-13-28(29(21-47)37(49)48(26-8-9-26)20-24-16-25(6-5-15-51-4)44-19-30(24)40)23-7-12-34(45-18-23)52-22-27-17-33(46-54-27)35-31(42)10-11-32(43)36(35)41/h7,10-12,16-19,26,28-29H,5-6,8-9,13-15,20-22H2,1-4H3/t28-,29+/m1/s1. The van der Waals surface area contributed by atoms with E-state index in [9.17, 15) is 18.4 Å². The number of ether oxygens (including phenoxy) is 3. The topological polar surface area (TPSA) is 120 Å². The molecule has 0 bridgehead atoms. The summed E-state index contributed by atoms with van der Waals surface area (Å²) >= 11 is 12.6. The van der Waals surface area contributed by atoms with Crippen LogP contribution in [0.2, 0.25) is 10.0 Å². The minimum Gasteiger partial charge on any atom is -0.469 e. The summed E-state index contributed by atoms with van der Waals surface area (Å²) in [7, 11) is 1.66. The zero-order valence-corrected chi connectivity index (χ0v) is 32.1. The van der Waals surface area contributed by atoms with E-state index in [-0.39, 0.29) is 53.9 Å². The quantitative estimate of drug-likeness (QED) is 0.0972. The van der Waals surface area contributed by atoms with Gasteiger partial charge in [-0.3, -0.25) is 9.78 Å². The number of nitrogens with zero attached hydrogens (tertiary/aromatic N) is 5. The molecule has 1 aromatic carbocycles. The number of likely N-dealkylation sites (tertiary alicyclic amines) is 1. The summed E-state index contributed by atoms with van der Waals surface area (Å²) in [5, 5.41) is 3.92. The molecule has 6 rings (SSSR count). The summed E-state index contributed by atoms with van der Waals surface area (Å²) in [6.07, 6.45) is 6.65. The molecule has 4 aromatic rings. The normalized spacial score (nSPS) is 17.4. The minimum absolute atomic E-state index is 0.0290. The van der Waals surface area contributed by atoms with Crippen LogP contribution in [0.15, 0.2) is 53.3 Å². The molecule has 11 nitrogen and oxygen atoms in total. The molecule has 4 heterocycles. The van der Waals surface area contributed by atoms with E-state index < -0.39 is 34.3 Å². The Kier molecular flexibility index (Phi) is 12.4. The summed E-state index contributed by atoms with van der Waals surface area (Å²) in [6, 6.07) is 8.90. The van der Waals surface area contributed by atoms with E-state index in [1.54, 1.807) is 30.5 Å². The maximum atomic E-state index is 14.7. The molecule has 1 aliphatic carbocycles. The molecule has 2 aliphatic rings. The number of carbonyl (C=O) groups excluding carboxylic acids is 2. The highest BCUT2D eigenvalue weighted by Gasteiger charge is 2.43. The monoisotopic (exact) mass is 785 g/mol. The van der Waals surface area contributed by atoms with Crippen LogP contribution in [0.25, 0.3) is 11.3 Å². The van der Waals surface area contributed by atoms with Gasteiger partial charge in [-0.1, -0.05) is 34.4 Å². The second-order valence-corrected chi connectivity index (χ2v) is 15.4. The van der Waals surface area contributed by atoms with Crippen molar-refractivity contribution in [3.05, 3.63) is 93.1 Å². The van der Waals surface area contributed by atoms with Crippen molar-refractivity contribution in [2.24, 2.45) is 5.92 Å². The molecule has 0 N–H and O–H groups in total. The van der Waals surface area contributed by atoms with E-state index in [4.69, 9.17) is 41.9 Å². The number of methoxy groups -OCH3 is 1. The van der Waals surface area contributed by atoms with Crippen LogP contribution in [-0.4, -0.2) is 75.4 Å². The lowest BCUT2D eigenvalue weighted by molar-refractivity contribution is -0.139. The molecule has 2 atom stereocenters. The maximum absolute atomic E-state index is 14.7. The highest BCUT2D eigenvalue weighted by molar-refractivity contribution is 6.33. The molecule has 0 radical (unpaired) electrons. The first-order chi connectivity index (χ1) is 25.8. The van der Waals surface area contributed by atoms with Crippen LogP contribution in [0.5, 0.6) is 5.88 Å². The van der Waals surface area contributed by atoms with Crippen LogP contribution in [0.3, 0.4) is 0 Å². The van der Waals surface area contributed by atoms with E-state index >= 15 is 0 Å². The smallest absolute Gasteiger partial charge is 0.410 e. The van der Waals surface area contributed by atoms with Gasteiger partial charge in [-0.05, 0) is 82.2 Å². The molecule has 2 fully saturated rings. The third-order valence-electron chi connectivity index (χ3n) is 9.37. The lowest BCUT2D eigenvalue weighted by Crippen LogP contribution is -2.51. The Morgan fingerprint density at radius 3 is 2.52 bits per heavy atom. The van der Waals surface area contributed by atoms with E-state index in [1.807, 2.05) is 37.8 Å². The van der Waals surface area contributed by atoms with Crippen molar-refractivity contribution in [3.8, 4) is 17.1 Å². The molecule has 1 aliphatic heterocycles. The second kappa shape index (κ2) is 17.0. The molecular weight excluding hydrogens is 743 g/mol. The van der Waals surface area contributed by atoms with E-state index in [0.29, 0.717) is 31.1 Å². The number of piperidine rings is 1. The molecule has 2 amide bonds. The molecule has 3 aromatic heterocycles. The summed E-state index contributed by atoms with van der Waals surface area (Å²) in [6.45, 7) is 6.86. The third-order valence-corrected chi connectivity index (χ3v) is 10.1. The van der Waals surface area contributed by atoms with Gasteiger partial charge in [0.25, 0.3) is 0 Å². The fourth-order valence-electron chi connectivity index (χ4n) is 6.55. The van der Waals surface area contributed by atoms with Gasteiger partial charge in [0.05, 0.1) is 21.5 Å². The first-order valence-corrected chi connectivity index (χ1v) is 18.7. The van der Waals surface area contributed by atoms with Crippen molar-refractivity contribution in [2.75, 3.05) is 26.8 Å². The average molecular weight is 787 g/mol. The van der Waals surface area contributed by atoms with Gasteiger partial charge >= 0.3 is 6.09 Å². The minimum atomic E-state index is -0.779. The van der Waals surface area contributed by atoms with Crippen LogP contribution in [0.4, 0.5) is 13.6 Å². The summed E-state index contributed by atoms with van der Waals surface area (Å²) in [4.78, 5) is 40.4. The lowest BCUT2D eigenvalue weighted by atomic mass is 9.80. The molecule has 1 saturated carbocycles. The van der Waals surface area contributed by atoms with Gasteiger partial charge in [0.2, 0.25) is 11.8 Å². The first-order valence-electron chi connectivity index (χ1n) is 17.9. The Bertz CT molecular complexity index is 1950. The van der Waals surface area contributed by atoms with Crippen LogP contribution >= 0.6 is 23.2 Å². The molecule has 288 valence electrons. The Hall–Kier alpha value is -4.33. The second-order valence-electron chi connectivity index (χ2n) is 14.6. The highest BCUT2D eigenvalue weighted by Crippen LogP contribution is 2.39. The number of amides is 2. The molecule has 15 heteroatoms. The molecule has 0 unspecified atom stereocenters. The van der Waals surface area contributed by atoms with Gasteiger partial charge in [0.1, 0.15) is 22.9 Å². The number of halogens is 4. The Morgan fingerprint density at radius 2 is 1.81 bits per heavy atom. The predicted molar refractivity (Wildman–Crippen MR) is 197 cm³/mol. The van der Waals surface area contributed by atoms with Gasteiger partial charge in [-0.15, -0.1) is 0 Å². The van der Waals surface area contributed by atoms with E-state index in [2.05, 4.69) is 15.1 Å². The van der Waals surface area contributed by atoms with Crippen molar-refractivity contribution in [1.82, 2.24) is 24.9 Å². The van der Waals surface area contributed by atoms with E-state index in [1.165, 1.54) is 6.07 Å². The Balaban J connectivity index is 1.19. The number of hydrogen-bond donors (Lipinski definition) is 0. The van der Waals surface area contributed by atoms with Crippen LogP contribution in [0, 0.1) is 17.6 Å². The maximum Gasteiger partial charge on any atom is 0.410 e. The van der Waals surface area contributed by atoms with Gasteiger partial charge in [0.15, 0.2) is 12.4 Å². The number of aryl methyl sites for hydroxylation is 1. The first kappa shape index (κ1) is 39.4. The lowest BCUT2D eigenvalue weighted by Gasteiger charge is -2.40. The van der Waals surface area contributed by atoms with Gasteiger partial charge in [-0.2, -0.15) is 0 Å². The SMILES string of the molecule is COCCCc1cc(CN(C(=O)[C@H]2CN(C(=O)OC(C)(C)C)CC[C@@H]2c2ccc(OCc3cc(-c4c(F)ccc(F)c4Cl)no3)nc2)C2CC2)c(Cl)cn1. The highest BCUT2D eigenvalue weighted by atomic mass is 35.5. The predicted octanol–water partition coefficient (Wildman–Crippen LogP) is 8.41. The molecular formula is C39H43Cl2F2N5O6. The van der Waals surface area contributed by atoms with Crippen LogP contribution in [-0.2, 0) is 33.8 Å².